The summed E-state index contributed by atoms with van der Waals surface area (Å²) < 4.78 is 0. The summed E-state index contributed by atoms with van der Waals surface area (Å²) in [6.07, 6.45) is 15.2. The molecule has 4 fully saturated rings. The number of hydrogen-bond donors (Lipinski definition) is 1. The van der Waals surface area contributed by atoms with E-state index in [9.17, 15) is 5.11 Å². The molecular formula is C24H42O. The lowest BCUT2D eigenvalue weighted by molar-refractivity contribution is -0.127. The molecule has 0 heterocycles. The third-order valence-electron chi connectivity index (χ3n) is 9.93. The zero-order valence-corrected chi connectivity index (χ0v) is 17.3. The maximum absolute atomic E-state index is 10.2. The summed E-state index contributed by atoms with van der Waals surface area (Å²) in [5.74, 6) is 5.63. The summed E-state index contributed by atoms with van der Waals surface area (Å²) in [6.45, 7) is 10.1. The van der Waals surface area contributed by atoms with Gasteiger partial charge in [0, 0.05) is 0 Å². The summed E-state index contributed by atoms with van der Waals surface area (Å²) in [6, 6.07) is 0. The van der Waals surface area contributed by atoms with E-state index in [0.717, 1.165) is 48.3 Å². The van der Waals surface area contributed by atoms with E-state index >= 15 is 0 Å². The predicted octanol–water partition coefficient (Wildman–Crippen LogP) is 6.44. The maximum atomic E-state index is 10.2. The van der Waals surface area contributed by atoms with Crippen molar-refractivity contribution in [3.05, 3.63) is 0 Å². The second-order valence-corrected chi connectivity index (χ2v) is 11.4. The van der Waals surface area contributed by atoms with Crippen LogP contribution in [0.15, 0.2) is 0 Å². The Morgan fingerprint density at radius 2 is 1.60 bits per heavy atom. The van der Waals surface area contributed by atoms with Crippen LogP contribution < -0.4 is 0 Å². The van der Waals surface area contributed by atoms with Gasteiger partial charge in [-0.3, -0.25) is 0 Å². The number of rotatable bonds is 3. The second-order valence-electron chi connectivity index (χ2n) is 11.4. The Hall–Kier alpha value is -0.0400. The van der Waals surface area contributed by atoms with Crippen molar-refractivity contribution in [1.82, 2.24) is 0 Å². The fourth-order valence-corrected chi connectivity index (χ4v) is 8.35. The van der Waals surface area contributed by atoms with Crippen LogP contribution in [-0.4, -0.2) is 11.2 Å². The number of hydrogen-bond acceptors (Lipinski definition) is 1. The Bertz CT molecular complexity index is 484. The van der Waals surface area contributed by atoms with Crippen molar-refractivity contribution in [1.29, 1.82) is 0 Å². The Morgan fingerprint density at radius 3 is 2.36 bits per heavy atom. The van der Waals surface area contributed by atoms with Crippen molar-refractivity contribution in [3.8, 4) is 0 Å². The minimum atomic E-state index is -0.00428. The van der Waals surface area contributed by atoms with Gasteiger partial charge in [-0.05, 0) is 111 Å². The number of aliphatic hydroxyl groups is 1. The highest BCUT2D eigenvalue weighted by atomic mass is 16.3. The van der Waals surface area contributed by atoms with Crippen LogP contribution >= 0.6 is 0 Å². The molecule has 0 radical (unpaired) electrons. The molecule has 0 bridgehead atoms. The Labute approximate surface area is 156 Å². The molecule has 4 rings (SSSR count). The predicted molar refractivity (Wildman–Crippen MR) is 105 cm³/mol. The van der Waals surface area contributed by atoms with Crippen LogP contribution in [0, 0.1) is 46.3 Å². The highest BCUT2D eigenvalue weighted by Crippen LogP contribution is 2.67. The largest absolute Gasteiger partial charge is 0.393 e. The van der Waals surface area contributed by atoms with Gasteiger partial charge < -0.3 is 5.11 Å². The quantitative estimate of drug-likeness (QED) is 0.623. The highest BCUT2D eigenvalue weighted by molar-refractivity contribution is 5.09. The molecule has 0 aromatic heterocycles. The molecular weight excluding hydrogens is 304 g/mol. The molecule has 0 aliphatic heterocycles. The van der Waals surface area contributed by atoms with Gasteiger partial charge >= 0.3 is 0 Å². The van der Waals surface area contributed by atoms with Crippen LogP contribution in [0.2, 0.25) is 0 Å². The standard InChI is InChI=1S/C24H42O/c1-16(2)5-6-17-8-10-21-20-9-7-18-15-19(25)11-13-24(18,4)22(20)12-14-23(17,21)3/h16-22,25H,5-15H2,1-4H3/t17-,18?,19-,20?,21?,22?,23?,24?/m0/s1. The van der Waals surface area contributed by atoms with Crippen LogP contribution in [0.1, 0.15) is 98.3 Å². The van der Waals surface area contributed by atoms with Gasteiger partial charge in [0.25, 0.3) is 0 Å². The third kappa shape index (κ3) is 2.91. The Kier molecular flexibility index (Phi) is 4.79. The van der Waals surface area contributed by atoms with Gasteiger partial charge in [-0.2, -0.15) is 0 Å². The van der Waals surface area contributed by atoms with E-state index in [0.29, 0.717) is 10.8 Å². The summed E-state index contributed by atoms with van der Waals surface area (Å²) >= 11 is 0. The van der Waals surface area contributed by atoms with Gasteiger partial charge in [0.2, 0.25) is 0 Å². The summed E-state index contributed by atoms with van der Waals surface area (Å²) in [4.78, 5) is 0. The van der Waals surface area contributed by atoms with Gasteiger partial charge in [-0.25, -0.2) is 0 Å². The lowest BCUT2D eigenvalue weighted by atomic mass is 9.44. The highest BCUT2D eigenvalue weighted by Gasteiger charge is 2.59. The Morgan fingerprint density at radius 1 is 0.880 bits per heavy atom. The molecule has 8 atom stereocenters. The molecule has 1 N–H and O–H groups in total. The molecule has 4 saturated carbocycles. The van der Waals surface area contributed by atoms with E-state index < -0.39 is 0 Å². The Balaban J connectivity index is 1.52. The van der Waals surface area contributed by atoms with Crippen LogP contribution in [-0.2, 0) is 0 Å². The van der Waals surface area contributed by atoms with Crippen LogP contribution in [0.5, 0.6) is 0 Å². The van der Waals surface area contributed by atoms with E-state index in [1.165, 1.54) is 57.8 Å². The molecule has 0 amide bonds. The van der Waals surface area contributed by atoms with Crippen molar-refractivity contribution in [3.63, 3.8) is 0 Å². The first-order valence-corrected chi connectivity index (χ1v) is 11.5. The van der Waals surface area contributed by atoms with E-state index in [1.54, 1.807) is 0 Å². The molecule has 4 aliphatic carbocycles. The fourth-order valence-electron chi connectivity index (χ4n) is 8.35. The van der Waals surface area contributed by atoms with Crippen molar-refractivity contribution in [2.24, 2.45) is 46.3 Å². The molecule has 0 aromatic carbocycles. The first-order chi connectivity index (χ1) is 11.8. The van der Waals surface area contributed by atoms with E-state index in [4.69, 9.17) is 0 Å². The van der Waals surface area contributed by atoms with Crippen molar-refractivity contribution < 1.29 is 5.11 Å². The van der Waals surface area contributed by atoms with Crippen LogP contribution in [0.3, 0.4) is 0 Å². The SMILES string of the molecule is CC(C)CC[C@H]1CCC2C3CCC4C[C@@H](O)CCC4(C)C3CCC21C. The first-order valence-electron chi connectivity index (χ1n) is 11.5. The van der Waals surface area contributed by atoms with Crippen molar-refractivity contribution >= 4 is 0 Å². The summed E-state index contributed by atoms with van der Waals surface area (Å²) in [7, 11) is 0. The zero-order valence-electron chi connectivity index (χ0n) is 17.3. The number of fused-ring (bicyclic) bond motifs is 5. The molecule has 4 aliphatic rings. The van der Waals surface area contributed by atoms with E-state index in [2.05, 4.69) is 27.7 Å². The molecule has 1 heteroatoms. The first kappa shape index (κ1) is 18.3. The van der Waals surface area contributed by atoms with Gasteiger partial charge in [-0.1, -0.05) is 34.1 Å². The average Bonchev–Trinajstić information content (AvgIpc) is 2.90. The van der Waals surface area contributed by atoms with Crippen molar-refractivity contribution in [2.75, 3.05) is 0 Å². The van der Waals surface area contributed by atoms with Gasteiger partial charge in [0.1, 0.15) is 0 Å². The normalized spacial score (nSPS) is 52.6. The topological polar surface area (TPSA) is 20.2 Å². The van der Waals surface area contributed by atoms with Gasteiger partial charge in [-0.15, -0.1) is 0 Å². The molecule has 0 saturated heterocycles. The smallest absolute Gasteiger partial charge is 0.0543 e. The molecule has 0 aromatic rings. The van der Waals surface area contributed by atoms with Gasteiger partial charge in [0.05, 0.1) is 6.10 Å². The zero-order chi connectivity index (χ0) is 17.8. The monoisotopic (exact) mass is 346 g/mol. The summed E-state index contributed by atoms with van der Waals surface area (Å²) in [5.41, 5.74) is 1.19. The van der Waals surface area contributed by atoms with Crippen molar-refractivity contribution in [2.45, 2.75) is 104 Å². The molecule has 1 nitrogen and oxygen atoms in total. The van der Waals surface area contributed by atoms with E-state index in [1.807, 2.05) is 0 Å². The van der Waals surface area contributed by atoms with Crippen LogP contribution in [0.25, 0.3) is 0 Å². The van der Waals surface area contributed by atoms with Crippen LogP contribution in [0.4, 0.5) is 0 Å². The number of aliphatic hydroxyl groups excluding tert-OH is 1. The minimum absolute atomic E-state index is 0.00428. The third-order valence-corrected chi connectivity index (χ3v) is 9.93. The van der Waals surface area contributed by atoms with Gasteiger partial charge in [0.15, 0.2) is 0 Å². The lowest BCUT2D eigenvalue weighted by Crippen LogP contribution is -2.53. The second kappa shape index (κ2) is 6.54. The average molecular weight is 347 g/mol. The molecule has 144 valence electrons. The molecule has 6 unspecified atom stereocenters. The fraction of sp³-hybridized carbons (Fsp3) is 1.00. The maximum Gasteiger partial charge on any atom is 0.0543 e. The lowest BCUT2D eigenvalue weighted by Gasteiger charge is -2.61. The molecule has 0 spiro atoms. The molecule has 25 heavy (non-hydrogen) atoms. The minimum Gasteiger partial charge on any atom is -0.393 e. The summed E-state index contributed by atoms with van der Waals surface area (Å²) in [5, 5.41) is 10.2. The van der Waals surface area contributed by atoms with E-state index in [-0.39, 0.29) is 6.10 Å².